The van der Waals surface area contributed by atoms with E-state index in [0.29, 0.717) is 12.4 Å². The van der Waals surface area contributed by atoms with Gasteiger partial charge in [-0.15, -0.1) is 0 Å². The fourth-order valence-electron chi connectivity index (χ4n) is 4.21. The van der Waals surface area contributed by atoms with Crippen LogP contribution in [0.5, 0.6) is 0 Å². The van der Waals surface area contributed by atoms with Crippen molar-refractivity contribution in [2.75, 3.05) is 18.0 Å². The zero-order valence-electron chi connectivity index (χ0n) is 17.0. The van der Waals surface area contributed by atoms with Crippen molar-refractivity contribution in [3.63, 3.8) is 0 Å². The molecule has 1 N–H and O–H groups in total. The van der Waals surface area contributed by atoms with Crippen LogP contribution in [0, 0.1) is 6.92 Å². The fraction of sp³-hybridized carbons (Fsp3) is 0.250. The van der Waals surface area contributed by atoms with Gasteiger partial charge >= 0.3 is 0 Å². The van der Waals surface area contributed by atoms with Gasteiger partial charge in [-0.2, -0.15) is 0 Å². The Balaban J connectivity index is 1.45. The van der Waals surface area contributed by atoms with Crippen molar-refractivity contribution >= 4 is 38.5 Å². The molecule has 152 valence electrons. The van der Waals surface area contributed by atoms with Gasteiger partial charge in [-0.05, 0) is 48.9 Å². The molecule has 0 bridgehead atoms. The summed E-state index contributed by atoms with van der Waals surface area (Å²) in [5.74, 6) is 1.66. The number of para-hydroxylation sites is 1. The summed E-state index contributed by atoms with van der Waals surface area (Å²) >= 11 is 0. The van der Waals surface area contributed by atoms with Crippen molar-refractivity contribution in [2.24, 2.45) is 0 Å². The molecule has 1 fully saturated rings. The van der Waals surface area contributed by atoms with Crippen LogP contribution in [0.15, 0.2) is 65.6 Å². The Hall–Kier alpha value is -2.83. The molecule has 5 rings (SSSR count). The molecule has 4 aromatic rings. The van der Waals surface area contributed by atoms with Gasteiger partial charge in [0, 0.05) is 23.9 Å². The van der Waals surface area contributed by atoms with Gasteiger partial charge in [0.25, 0.3) is 0 Å². The number of nitrogens with zero attached hydrogens (tertiary/aromatic N) is 3. The van der Waals surface area contributed by atoms with Gasteiger partial charge < -0.3 is 4.90 Å². The molecule has 1 aliphatic heterocycles. The molecule has 6 heteroatoms. The lowest BCUT2D eigenvalue weighted by atomic mass is 10.1. The molecular weight excluding hydrogens is 392 g/mol. The lowest BCUT2D eigenvalue weighted by molar-refractivity contribution is 0.669. The van der Waals surface area contributed by atoms with Crippen LogP contribution in [0.4, 0.5) is 5.82 Å². The van der Waals surface area contributed by atoms with Crippen LogP contribution in [-0.2, 0) is 17.5 Å². The van der Waals surface area contributed by atoms with E-state index in [9.17, 15) is 4.21 Å². The summed E-state index contributed by atoms with van der Waals surface area (Å²) in [7, 11) is -1.35. The maximum Gasteiger partial charge on any atom is 0.146 e. The molecule has 5 nitrogen and oxygen atoms in total. The first-order valence-electron chi connectivity index (χ1n) is 10.3. The second-order valence-corrected chi connectivity index (χ2v) is 8.96. The van der Waals surface area contributed by atoms with Crippen molar-refractivity contribution in [3.8, 4) is 0 Å². The number of rotatable bonds is 5. The Morgan fingerprint density at radius 2 is 1.73 bits per heavy atom. The minimum absolute atomic E-state index is 0.348. The second-order valence-electron chi connectivity index (χ2n) is 7.69. The van der Waals surface area contributed by atoms with E-state index in [1.54, 1.807) is 0 Å². The maximum absolute atomic E-state index is 13.1. The van der Waals surface area contributed by atoms with Gasteiger partial charge in [0.1, 0.15) is 22.6 Å². The van der Waals surface area contributed by atoms with E-state index < -0.39 is 11.0 Å². The highest BCUT2D eigenvalue weighted by Crippen LogP contribution is 2.27. The van der Waals surface area contributed by atoms with Gasteiger partial charge in [0.05, 0.1) is 17.0 Å². The number of aromatic nitrogens is 2. The topological polar surface area (TPSA) is 58.1 Å². The smallest absolute Gasteiger partial charge is 0.146 e. The lowest BCUT2D eigenvalue weighted by Crippen LogP contribution is -2.23. The fourth-order valence-corrected chi connectivity index (χ4v) is 5.29. The maximum atomic E-state index is 13.1. The number of aryl methyl sites for hydroxylation is 1. The first-order chi connectivity index (χ1) is 14.7. The number of benzene rings is 3. The number of hydrogen-bond acceptors (Lipinski definition) is 4. The molecule has 1 atom stereocenters. The first kappa shape index (κ1) is 19.2. The summed E-state index contributed by atoms with van der Waals surface area (Å²) in [4.78, 5) is 12.7. The van der Waals surface area contributed by atoms with Crippen molar-refractivity contribution in [1.29, 1.82) is 0 Å². The van der Waals surface area contributed by atoms with E-state index in [2.05, 4.69) is 40.8 Å². The average molecular weight is 417 g/mol. The van der Waals surface area contributed by atoms with E-state index in [0.717, 1.165) is 51.0 Å². The molecule has 2 heterocycles. The van der Waals surface area contributed by atoms with Crippen molar-refractivity contribution in [1.82, 2.24) is 14.7 Å². The Bertz CT molecular complexity index is 1250. The second kappa shape index (κ2) is 8.13. The summed E-state index contributed by atoms with van der Waals surface area (Å²) in [5, 5.41) is 3.22. The molecule has 1 saturated heterocycles. The molecule has 0 aliphatic carbocycles. The quantitative estimate of drug-likeness (QED) is 0.520. The van der Waals surface area contributed by atoms with E-state index in [1.807, 2.05) is 36.4 Å². The number of nitrogens with one attached hydrogen (secondary N) is 1. The van der Waals surface area contributed by atoms with Crippen LogP contribution < -0.4 is 9.62 Å². The SMILES string of the molecule is Cc1cccc2cccc(S(=O)NCc3nc(N4CCCC4)c4ccccc4n3)c12. The predicted octanol–water partition coefficient (Wildman–Crippen LogP) is 4.50. The molecule has 1 unspecified atom stereocenters. The van der Waals surface area contributed by atoms with Crippen LogP contribution >= 0.6 is 0 Å². The number of fused-ring (bicyclic) bond motifs is 2. The summed E-state index contributed by atoms with van der Waals surface area (Å²) in [5.41, 5.74) is 2.05. The molecule has 0 amide bonds. The molecular formula is C24H24N4OS. The Morgan fingerprint density at radius 3 is 2.57 bits per heavy atom. The number of anilines is 1. The highest BCUT2D eigenvalue weighted by molar-refractivity contribution is 7.83. The molecule has 0 radical (unpaired) electrons. The summed E-state index contributed by atoms with van der Waals surface area (Å²) in [6.45, 7) is 4.45. The lowest BCUT2D eigenvalue weighted by Gasteiger charge is -2.19. The van der Waals surface area contributed by atoms with Crippen LogP contribution in [0.2, 0.25) is 0 Å². The third kappa shape index (κ3) is 3.57. The van der Waals surface area contributed by atoms with Gasteiger partial charge in [0.2, 0.25) is 0 Å². The third-order valence-electron chi connectivity index (χ3n) is 5.67. The highest BCUT2D eigenvalue weighted by Gasteiger charge is 2.18. The Kier molecular flexibility index (Phi) is 5.19. The van der Waals surface area contributed by atoms with E-state index >= 15 is 0 Å². The zero-order valence-corrected chi connectivity index (χ0v) is 17.8. The molecule has 30 heavy (non-hydrogen) atoms. The minimum Gasteiger partial charge on any atom is -0.356 e. The monoisotopic (exact) mass is 416 g/mol. The molecule has 0 saturated carbocycles. The normalized spacial score (nSPS) is 15.2. The third-order valence-corrected chi connectivity index (χ3v) is 6.82. The Labute approximate surface area is 178 Å². The van der Waals surface area contributed by atoms with Gasteiger partial charge in [-0.3, -0.25) is 0 Å². The molecule has 1 aromatic heterocycles. The molecule has 3 aromatic carbocycles. The van der Waals surface area contributed by atoms with E-state index in [-0.39, 0.29) is 0 Å². The van der Waals surface area contributed by atoms with Crippen LogP contribution in [0.25, 0.3) is 21.7 Å². The van der Waals surface area contributed by atoms with Crippen molar-refractivity contribution < 1.29 is 4.21 Å². The van der Waals surface area contributed by atoms with Gasteiger partial charge in [-0.1, -0.05) is 42.5 Å². The van der Waals surface area contributed by atoms with Crippen molar-refractivity contribution in [3.05, 3.63) is 72.1 Å². The highest BCUT2D eigenvalue weighted by atomic mass is 32.2. The van der Waals surface area contributed by atoms with Crippen LogP contribution in [-0.4, -0.2) is 27.3 Å². The predicted molar refractivity (Wildman–Crippen MR) is 123 cm³/mol. The summed E-state index contributed by atoms with van der Waals surface area (Å²) in [6.07, 6.45) is 2.38. The van der Waals surface area contributed by atoms with Crippen molar-refractivity contribution in [2.45, 2.75) is 31.2 Å². The van der Waals surface area contributed by atoms with Crippen LogP contribution in [0.3, 0.4) is 0 Å². The number of hydrogen-bond donors (Lipinski definition) is 1. The molecule has 0 spiro atoms. The largest absolute Gasteiger partial charge is 0.356 e. The van der Waals surface area contributed by atoms with Gasteiger partial charge in [0.15, 0.2) is 0 Å². The van der Waals surface area contributed by atoms with E-state index in [4.69, 9.17) is 9.97 Å². The van der Waals surface area contributed by atoms with Crippen LogP contribution in [0.1, 0.15) is 24.2 Å². The summed E-state index contributed by atoms with van der Waals surface area (Å²) < 4.78 is 16.3. The first-order valence-corrected chi connectivity index (χ1v) is 11.5. The zero-order chi connectivity index (χ0) is 20.5. The van der Waals surface area contributed by atoms with Gasteiger partial charge in [-0.25, -0.2) is 18.9 Å². The summed E-state index contributed by atoms with van der Waals surface area (Å²) in [6, 6.07) is 20.2. The molecule has 1 aliphatic rings. The average Bonchev–Trinajstić information content (AvgIpc) is 3.31. The standard InChI is InChI=1S/C24H24N4OS/c1-17-8-6-9-18-10-7-13-21(23(17)18)30(29)25-16-22-26-20-12-3-2-11-19(20)24(27-22)28-14-4-5-15-28/h2-3,6-13,25H,4-5,14-16H2,1H3. The Morgan fingerprint density at radius 1 is 0.967 bits per heavy atom. The minimum atomic E-state index is -1.35. The van der Waals surface area contributed by atoms with E-state index in [1.165, 1.54) is 12.8 Å².